The molecule has 1 aromatic carbocycles. The second kappa shape index (κ2) is 6.04. The summed E-state index contributed by atoms with van der Waals surface area (Å²) in [6.07, 6.45) is 1.53. The number of carbonyl (C=O) groups is 1. The highest BCUT2D eigenvalue weighted by Crippen LogP contribution is 2.28. The maximum Gasteiger partial charge on any atom is 0.338 e. The van der Waals surface area contributed by atoms with E-state index < -0.39 is 5.97 Å². The van der Waals surface area contributed by atoms with Crippen LogP contribution >= 0.6 is 27.5 Å². The summed E-state index contributed by atoms with van der Waals surface area (Å²) in [6.45, 7) is 0. The highest BCUT2D eigenvalue weighted by molar-refractivity contribution is 9.10. The predicted molar refractivity (Wildman–Crippen MR) is 78.0 cm³/mol. The van der Waals surface area contributed by atoms with Gasteiger partial charge >= 0.3 is 5.97 Å². The molecule has 1 N–H and O–H groups in total. The van der Waals surface area contributed by atoms with Crippen LogP contribution < -0.4 is 5.32 Å². The number of halogens is 2. The Morgan fingerprint density at radius 1 is 1.37 bits per heavy atom. The Morgan fingerprint density at radius 2 is 2.16 bits per heavy atom. The molecule has 0 aliphatic heterocycles. The Morgan fingerprint density at radius 3 is 2.89 bits per heavy atom. The first-order valence-corrected chi connectivity index (χ1v) is 6.53. The predicted octanol–water partition coefficient (Wildman–Crippen LogP) is 4.03. The van der Waals surface area contributed by atoms with Gasteiger partial charge in [0.25, 0.3) is 0 Å². The molecule has 4 nitrogen and oxygen atoms in total. The van der Waals surface area contributed by atoms with Crippen LogP contribution in [0.15, 0.2) is 41.0 Å². The molecule has 19 heavy (non-hydrogen) atoms. The van der Waals surface area contributed by atoms with Gasteiger partial charge in [0.15, 0.2) is 0 Å². The summed E-state index contributed by atoms with van der Waals surface area (Å²) in [5.41, 5.74) is 1.19. The molecule has 0 amide bonds. The Bertz CT molecular complexity index is 619. The molecule has 98 valence electrons. The molecule has 2 aromatic rings. The fourth-order valence-corrected chi connectivity index (χ4v) is 1.99. The van der Waals surface area contributed by atoms with Crippen molar-refractivity contribution < 1.29 is 9.53 Å². The Kier molecular flexibility index (Phi) is 4.39. The van der Waals surface area contributed by atoms with Crippen molar-refractivity contribution in [1.82, 2.24) is 4.98 Å². The maximum absolute atomic E-state index is 11.4. The maximum atomic E-state index is 11.4. The van der Waals surface area contributed by atoms with Gasteiger partial charge in [-0.25, -0.2) is 9.78 Å². The molecule has 0 radical (unpaired) electrons. The minimum atomic E-state index is -0.407. The van der Waals surface area contributed by atoms with Gasteiger partial charge in [-0.1, -0.05) is 11.6 Å². The number of esters is 1. The molecular formula is C13H10BrClN2O2. The highest BCUT2D eigenvalue weighted by Gasteiger charge is 2.08. The smallest absolute Gasteiger partial charge is 0.338 e. The number of benzene rings is 1. The molecule has 0 aliphatic rings. The van der Waals surface area contributed by atoms with E-state index in [1.54, 1.807) is 24.3 Å². The van der Waals surface area contributed by atoms with Crippen LogP contribution in [0.25, 0.3) is 0 Å². The molecule has 2 rings (SSSR count). The second-order valence-corrected chi connectivity index (χ2v) is 4.96. The standard InChI is InChI=1S/C13H10BrClN2O2/c1-19-13(18)8-4-5-16-12(6-8)17-11-7-9(15)2-3-10(11)14/h2-7H,1H3,(H,16,17). The molecule has 0 fully saturated rings. The number of carbonyl (C=O) groups excluding carboxylic acids is 1. The number of hydrogen-bond acceptors (Lipinski definition) is 4. The summed E-state index contributed by atoms with van der Waals surface area (Å²) < 4.78 is 5.51. The number of nitrogens with zero attached hydrogens (tertiary/aromatic N) is 1. The van der Waals surface area contributed by atoms with Crippen LogP contribution in [-0.4, -0.2) is 18.1 Å². The van der Waals surface area contributed by atoms with Crippen molar-refractivity contribution in [2.24, 2.45) is 0 Å². The lowest BCUT2D eigenvalue weighted by Gasteiger charge is -2.09. The van der Waals surface area contributed by atoms with E-state index in [2.05, 4.69) is 31.0 Å². The third-order valence-corrected chi connectivity index (χ3v) is 3.30. The van der Waals surface area contributed by atoms with E-state index in [0.717, 1.165) is 10.2 Å². The van der Waals surface area contributed by atoms with Crippen molar-refractivity contribution >= 4 is 45.0 Å². The third kappa shape index (κ3) is 3.45. The quantitative estimate of drug-likeness (QED) is 0.857. The Balaban J connectivity index is 2.28. The van der Waals surface area contributed by atoms with E-state index in [0.29, 0.717) is 16.4 Å². The number of pyridine rings is 1. The number of anilines is 2. The fourth-order valence-electron chi connectivity index (χ4n) is 1.47. The van der Waals surface area contributed by atoms with Gasteiger partial charge in [-0.3, -0.25) is 0 Å². The SMILES string of the molecule is COC(=O)c1ccnc(Nc2cc(Cl)ccc2Br)c1. The molecule has 0 saturated heterocycles. The average molecular weight is 342 g/mol. The fraction of sp³-hybridized carbons (Fsp3) is 0.0769. The van der Waals surface area contributed by atoms with E-state index in [4.69, 9.17) is 11.6 Å². The molecular weight excluding hydrogens is 332 g/mol. The van der Waals surface area contributed by atoms with Gasteiger partial charge in [-0.2, -0.15) is 0 Å². The van der Waals surface area contributed by atoms with Crippen LogP contribution in [0.4, 0.5) is 11.5 Å². The van der Waals surface area contributed by atoms with E-state index >= 15 is 0 Å². The van der Waals surface area contributed by atoms with Gasteiger partial charge in [-0.15, -0.1) is 0 Å². The van der Waals surface area contributed by atoms with Gasteiger partial charge in [0.1, 0.15) is 5.82 Å². The number of hydrogen-bond donors (Lipinski definition) is 1. The molecule has 0 atom stereocenters. The molecule has 0 bridgehead atoms. The normalized spacial score (nSPS) is 10.1. The van der Waals surface area contributed by atoms with Crippen LogP contribution in [-0.2, 0) is 4.74 Å². The summed E-state index contributed by atoms with van der Waals surface area (Å²) in [6, 6.07) is 8.56. The molecule has 0 spiro atoms. The zero-order chi connectivity index (χ0) is 13.8. The summed E-state index contributed by atoms with van der Waals surface area (Å²) in [5.74, 6) is 0.126. The number of methoxy groups -OCH3 is 1. The van der Waals surface area contributed by atoms with E-state index in [1.807, 2.05) is 6.07 Å². The molecule has 0 aliphatic carbocycles. The van der Waals surface area contributed by atoms with E-state index in [-0.39, 0.29) is 0 Å². The van der Waals surface area contributed by atoms with Crippen molar-refractivity contribution in [2.45, 2.75) is 0 Å². The summed E-state index contributed by atoms with van der Waals surface area (Å²) in [4.78, 5) is 15.6. The minimum absolute atomic E-state index is 0.407. The largest absolute Gasteiger partial charge is 0.465 e. The van der Waals surface area contributed by atoms with Gasteiger partial charge in [0, 0.05) is 15.7 Å². The van der Waals surface area contributed by atoms with Crippen LogP contribution in [0.3, 0.4) is 0 Å². The first-order chi connectivity index (χ1) is 9.10. The lowest BCUT2D eigenvalue weighted by atomic mass is 10.2. The van der Waals surface area contributed by atoms with Crippen LogP contribution in [0.2, 0.25) is 5.02 Å². The molecule has 0 unspecified atom stereocenters. The number of aromatic nitrogens is 1. The summed E-state index contributed by atoms with van der Waals surface area (Å²) in [7, 11) is 1.34. The minimum Gasteiger partial charge on any atom is -0.465 e. The lowest BCUT2D eigenvalue weighted by Crippen LogP contribution is -2.03. The number of nitrogens with one attached hydrogen (secondary N) is 1. The lowest BCUT2D eigenvalue weighted by molar-refractivity contribution is 0.0600. The average Bonchev–Trinajstić information content (AvgIpc) is 2.42. The Labute approximate surface area is 123 Å². The first kappa shape index (κ1) is 13.8. The van der Waals surface area contributed by atoms with Crippen LogP contribution in [0, 0.1) is 0 Å². The zero-order valence-electron chi connectivity index (χ0n) is 9.98. The van der Waals surface area contributed by atoms with Gasteiger partial charge in [0.2, 0.25) is 0 Å². The third-order valence-electron chi connectivity index (χ3n) is 2.37. The van der Waals surface area contributed by atoms with Gasteiger partial charge < -0.3 is 10.1 Å². The summed E-state index contributed by atoms with van der Waals surface area (Å²) >= 11 is 9.34. The van der Waals surface area contributed by atoms with Gasteiger partial charge in [0.05, 0.1) is 18.4 Å². The van der Waals surface area contributed by atoms with Gasteiger partial charge in [-0.05, 0) is 46.3 Å². The first-order valence-electron chi connectivity index (χ1n) is 5.36. The number of rotatable bonds is 3. The van der Waals surface area contributed by atoms with Crippen molar-refractivity contribution in [3.8, 4) is 0 Å². The monoisotopic (exact) mass is 340 g/mol. The van der Waals surface area contributed by atoms with Crippen molar-refractivity contribution in [1.29, 1.82) is 0 Å². The van der Waals surface area contributed by atoms with Crippen LogP contribution in [0.5, 0.6) is 0 Å². The summed E-state index contributed by atoms with van der Waals surface area (Å²) in [5, 5.41) is 3.69. The highest BCUT2D eigenvalue weighted by atomic mass is 79.9. The zero-order valence-corrected chi connectivity index (χ0v) is 12.3. The second-order valence-electron chi connectivity index (χ2n) is 3.67. The Hall–Kier alpha value is -1.59. The van der Waals surface area contributed by atoms with E-state index in [9.17, 15) is 4.79 Å². The van der Waals surface area contributed by atoms with Crippen molar-refractivity contribution in [3.63, 3.8) is 0 Å². The molecule has 0 saturated carbocycles. The number of ether oxygens (including phenoxy) is 1. The topological polar surface area (TPSA) is 51.2 Å². The van der Waals surface area contributed by atoms with Crippen molar-refractivity contribution in [2.75, 3.05) is 12.4 Å². The molecule has 1 heterocycles. The van der Waals surface area contributed by atoms with Crippen LogP contribution in [0.1, 0.15) is 10.4 Å². The van der Waals surface area contributed by atoms with Crippen molar-refractivity contribution in [3.05, 3.63) is 51.6 Å². The molecule has 1 aromatic heterocycles. The van der Waals surface area contributed by atoms with E-state index in [1.165, 1.54) is 13.3 Å². The molecule has 6 heteroatoms.